The zero-order valence-electron chi connectivity index (χ0n) is 13.8. The smallest absolute Gasteiger partial charge is 0.188 e. The minimum Gasteiger partial charge on any atom is -0.496 e. The molecule has 0 aromatic heterocycles. The first kappa shape index (κ1) is 16.7. The fourth-order valence-electron chi connectivity index (χ4n) is 3.09. The van der Waals surface area contributed by atoms with Crippen LogP contribution in [0.3, 0.4) is 0 Å². The maximum absolute atomic E-state index is 6.06. The Morgan fingerprint density at radius 1 is 1.27 bits per heavy atom. The van der Waals surface area contributed by atoms with Crippen molar-refractivity contribution in [2.45, 2.75) is 57.4 Å². The molecule has 4 nitrogen and oxygen atoms in total. The zero-order valence-corrected chi connectivity index (χ0v) is 13.8. The summed E-state index contributed by atoms with van der Waals surface area (Å²) in [7, 11) is 1.71. The van der Waals surface area contributed by atoms with Crippen LogP contribution in [0.4, 0.5) is 0 Å². The third-order valence-electron chi connectivity index (χ3n) is 4.41. The summed E-state index contributed by atoms with van der Waals surface area (Å²) in [5, 5.41) is 3.39. The number of hydrogen-bond donors (Lipinski definition) is 2. The van der Waals surface area contributed by atoms with E-state index in [0.717, 1.165) is 5.75 Å². The summed E-state index contributed by atoms with van der Waals surface area (Å²) in [6.07, 6.45) is 7.70. The maximum Gasteiger partial charge on any atom is 0.188 e. The number of hydrogen-bond acceptors (Lipinski definition) is 2. The molecule has 3 N–H and O–H groups in total. The monoisotopic (exact) mass is 303 g/mol. The Morgan fingerprint density at radius 2 is 1.95 bits per heavy atom. The van der Waals surface area contributed by atoms with Crippen molar-refractivity contribution in [2.24, 2.45) is 10.7 Å². The van der Waals surface area contributed by atoms with Crippen LogP contribution in [0.5, 0.6) is 5.75 Å². The highest BCUT2D eigenvalue weighted by Crippen LogP contribution is 2.26. The molecule has 4 heteroatoms. The number of nitrogens with one attached hydrogen (secondary N) is 1. The lowest BCUT2D eigenvalue weighted by Crippen LogP contribution is -2.40. The van der Waals surface area contributed by atoms with E-state index in [4.69, 9.17) is 10.5 Å². The number of para-hydroxylation sites is 1. The van der Waals surface area contributed by atoms with E-state index in [1.807, 2.05) is 18.2 Å². The van der Waals surface area contributed by atoms with E-state index in [9.17, 15) is 0 Å². The third kappa shape index (κ3) is 4.93. The number of nitrogens with zero attached hydrogens (tertiary/aromatic N) is 1. The summed E-state index contributed by atoms with van der Waals surface area (Å²) < 4.78 is 5.41. The maximum atomic E-state index is 6.06. The van der Waals surface area contributed by atoms with E-state index in [2.05, 4.69) is 23.3 Å². The van der Waals surface area contributed by atoms with Crippen molar-refractivity contribution in [3.05, 3.63) is 29.8 Å². The molecule has 1 saturated carbocycles. The normalized spacial score (nSPS) is 18.5. The quantitative estimate of drug-likeness (QED) is 0.498. The Kier molecular flexibility index (Phi) is 6.56. The van der Waals surface area contributed by atoms with Gasteiger partial charge in [0, 0.05) is 18.5 Å². The number of aliphatic imine (C=N–C) groups is 1. The summed E-state index contributed by atoms with van der Waals surface area (Å²) in [5.74, 6) is 1.78. The van der Waals surface area contributed by atoms with E-state index >= 15 is 0 Å². The largest absolute Gasteiger partial charge is 0.496 e. The minimum atomic E-state index is 0.283. The molecule has 0 bridgehead atoms. The minimum absolute atomic E-state index is 0.283. The van der Waals surface area contributed by atoms with Gasteiger partial charge in [-0.05, 0) is 24.5 Å². The second kappa shape index (κ2) is 8.66. The molecule has 0 radical (unpaired) electrons. The average Bonchev–Trinajstić information content (AvgIpc) is 2.81. The Balaban J connectivity index is 1.89. The molecule has 0 aliphatic heterocycles. The molecule has 1 aliphatic rings. The van der Waals surface area contributed by atoms with Crippen molar-refractivity contribution in [1.82, 2.24) is 5.32 Å². The van der Waals surface area contributed by atoms with Gasteiger partial charge in [-0.25, -0.2) is 0 Å². The lowest BCUT2D eigenvalue weighted by molar-refractivity contribution is 0.406. The predicted octanol–water partition coefficient (Wildman–Crippen LogP) is 3.43. The molecule has 2 rings (SSSR count). The van der Waals surface area contributed by atoms with Crippen LogP contribution in [-0.4, -0.2) is 25.7 Å². The summed E-state index contributed by atoms with van der Waals surface area (Å²) in [5.41, 5.74) is 7.24. The Hall–Kier alpha value is -1.71. The van der Waals surface area contributed by atoms with E-state index in [0.29, 0.717) is 18.5 Å². The van der Waals surface area contributed by atoms with Gasteiger partial charge in [-0.3, -0.25) is 4.99 Å². The molecule has 122 valence electrons. The molecular formula is C18H29N3O. The summed E-state index contributed by atoms with van der Waals surface area (Å²) in [4.78, 5) is 4.53. The highest BCUT2D eigenvalue weighted by molar-refractivity contribution is 5.78. The van der Waals surface area contributed by atoms with Gasteiger partial charge in [0.1, 0.15) is 5.75 Å². The van der Waals surface area contributed by atoms with Crippen molar-refractivity contribution >= 4 is 5.96 Å². The summed E-state index contributed by atoms with van der Waals surface area (Å²) in [6, 6.07) is 8.59. The third-order valence-corrected chi connectivity index (χ3v) is 4.41. The van der Waals surface area contributed by atoms with Crippen LogP contribution in [0.2, 0.25) is 0 Å². The van der Waals surface area contributed by atoms with E-state index < -0.39 is 0 Å². The van der Waals surface area contributed by atoms with Gasteiger partial charge >= 0.3 is 0 Å². The van der Waals surface area contributed by atoms with Crippen LogP contribution in [0.1, 0.15) is 56.9 Å². The zero-order chi connectivity index (χ0) is 15.8. The standard InChI is InChI=1S/C18H29N3O/c1-14(16-11-7-8-12-17(16)22-2)13-20-18(19)21-15-9-5-3-4-6-10-15/h7-8,11-12,14-15H,3-6,9-10,13H2,1-2H3,(H3,19,20,21). The molecule has 1 aliphatic carbocycles. The summed E-state index contributed by atoms with van der Waals surface area (Å²) in [6.45, 7) is 2.83. The highest BCUT2D eigenvalue weighted by Gasteiger charge is 2.13. The van der Waals surface area contributed by atoms with E-state index in [-0.39, 0.29) is 5.92 Å². The van der Waals surface area contributed by atoms with Crippen LogP contribution < -0.4 is 15.8 Å². The Bertz CT molecular complexity index is 479. The van der Waals surface area contributed by atoms with Crippen molar-refractivity contribution < 1.29 is 4.74 Å². The molecule has 22 heavy (non-hydrogen) atoms. The molecule has 1 aromatic rings. The number of ether oxygens (including phenoxy) is 1. The number of rotatable bonds is 5. The molecule has 1 atom stereocenters. The first-order chi connectivity index (χ1) is 10.7. The average molecular weight is 303 g/mol. The molecule has 0 heterocycles. The molecule has 1 aromatic carbocycles. The first-order valence-electron chi connectivity index (χ1n) is 8.40. The number of nitrogens with two attached hydrogens (primary N) is 1. The Labute approximate surface area is 134 Å². The summed E-state index contributed by atoms with van der Waals surface area (Å²) >= 11 is 0. The second-order valence-corrected chi connectivity index (χ2v) is 6.20. The predicted molar refractivity (Wildman–Crippen MR) is 92.5 cm³/mol. The molecule has 1 unspecified atom stereocenters. The van der Waals surface area contributed by atoms with Crippen molar-refractivity contribution in [2.75, 3.05) is 13.7 Å². The lowest BCUT2D eigenvalue weighted by atomic mass is 10.0. The van der Waals surface area contributed by atoms with Crippen LogP contribution in [-0.2, 0) is 0 Å². The van der Waals surface area contributed by atoms with Crippen LogP contribution in [0.25, 0.3) is 0 Å². The molecule has 1 fully saturated rings. The Morgan fingerprint density at radius 3 is 2.64 bits per heavy atom. The van der Waals surface area contributed by atoms with Crippen molar-refractivity contribution in [3.63, 3.8) is 0 Å². The van der Waals surface area contributed by atoms with E-state index in [1.54, 1.807) is 7.11 Å². The molecular weight excluding hydrogens is 274 g/mol. The van der Waals surface area contributed by atoms with Crippen LogP contribution >= 0.6 is 0 Å². The number of methoxy groups -OCH3 is 1. The molecule has 0 saturated heterocycles. The van der Waals surface area contributed by atoms with Gasteiger partial charge < -0.3 is 15.8 Å². The SMILES string of the molecule is COc1ccccc1C(C)CN=C(N)NC1CCCCCC1. The first-order valence-corrected chi connectivity index (χ1v) is 8.40. The van der Waals surface area contributed by atoms with E-state index in [1.165, 1.54) is 44.1 Å². The lowest BCUT2D eigenvalue weighted by Gasteiger charge is -2.18. The number of benzene rings is 1. The van der Waals surface area contributed by atoms with Crippen molar-refractivity contribution in [1.29, 1.82) is 0 Å². The van der Waals surface area contributed by atoms with Gasteiger partial charge in [0.15, 0.2) is 5.96 Å². The van der Waals surface area contributed by atoms with Gasteiger partial charge in [-0.15, -0.1) is 0 Å². The molecule has 0 amide bonds. The fraction of sp³-hybridized carbons (Fsp3) is 0.611. The van der Waals surface area contributed by atoms with Gasteiger partial charge in [0.25, 0.3) is 0 Å². The topological polar surface area (TPSA) is 59.6 Å². The highest BCUT2D eigenvalue weighted by atomic mass is 16.5. The second-order valence-electron chi connectivity index (χ2n) is 6.20. The fourth-order valence-corrected chi connectivity index (χ4v) is 3.09. The number of guanidine groups is 1. The molecule has 0 spiro atoms. The van der Waals surface area contributed by atoms with Crippen molar-refractivity contribution in [3.8, 4) is 5.75 Å². The van der Waals surface area contributed by atoms with Gasteiger partial charge in [0.2, 0.25) is 0 Å². The van der Waals surface area contributed by atoms with Gasteiger partial charge in [-0.1, -0.05) is 50.8 Å². The van der Waals surface area contributed by atoms with Crippen LogP contribution in [0.15, 0.2) is 29.3 Å². The van der Waals surface area contributed by atoms with Gasteiger partial charge in [0.05, 0.1) is 7.11 Å². The van der Waals surface area contributed by atoms with Crippen LogP contribution in [0, 0.1) is 0 Å². The van der Waals surface area contributed by atoms with Gasteiger partial charge in [-0.2, -0.15) is 0 Å².